The molecule has 0 aliphatic carbocycles. The molecule has 0 spiro atoms. The lowest BCUT2D eigenvalue weighted by Crippen LogP contribution is -1.85. The zero-order valence-corrected chi connectivity index (χ0v) is 5.42. The van der Waals surface area contributed by atoms with Crippen LogP contribution in [-0.2, 0) is 6.42 Å². The van der Waals surface area contributed by atoms with Crippen molar-refractivity contribution in [1.29, 1.82) is 0 Å². The van der Waals surface area contributed by atoms with E-state index in [2.05, 4.69) is 28.0 Å². The van der Waals surface area contributed by atoms with Crippen molar-refractivity contribution in [2.45, 2.75) is 26.2 Å². The molecule has 0 amide bonds. The van der Waals surface area contributed by atoms with E-state index in [4.69, 9.17) is 0 Å². The van der Waals surface area contributed by atoms with Gasteiger partial charge in [0.05, 0.1) is 0 Å². The van der Waals surface area contributed by atoms with Gasteiger partial charge in [-0.05, 0) is 6.42 Å². The van der Waals surface area contributed by atoms with Crippen LogP contribution in [0.5, 0.6) is 0 Å². The lowest BCUT2D eigenvalue weighted by molar-refractivity contribution is 0.402. The van der Waals surface area contributed by atoms with E-state index in [1.807, 2.05) is 0 Å². The fraction of sp³-hybridized carbons (Fsp3) is 0.667. The highest BCUT2D eigenvalue weighted by atomic mass is 16.5. The molecule has 0 N–H and O–H groups in total. The number of hydrogen-bond donors (Lipinski definition) is 0. The first-order valence-electron chi connectivity index (χ1n) is 3.12. The molecule has 3 heteroatoms. The fourth-order valence-electron chi connectivity index (χ4n) is 0.603. The van der Waals surface area contributed by atoms with E-state index in [1.54, 1.807) is 0 Å². The van der Waals surface area contributed by atoms with Gasteiger partial charge >= 0.3 is 6.39 Å². The lowest BCUT2D eigenvalue weighted by Gasteiger charge is -1.86. The molecule has 0 unspecified atom stereocenters. The van der Waals surface area contributed by atoms with E-state index in [9.17, 15) is 0 Å². The summed E-state index contributed by atoms with van der Waals surface area (Å²) >= 11 is 0. The van der Waals surface area contributed by atoms with Crippen LogP contribution in [0, 0.1) is 6.39 Å². The molecule has 0 atom stereocenters. The van der Waals surface area contributed by atoms with Gasteiger partial charge in [0.25, 0.3) is 0 Å². The van der Waals surface area contributed by atoms with Gasteiger partial charge in [0.2, 0.25) is 0 Å². The second kappa shape index (κ2) is 3.22. The topological polar surface area (TPSA) is 38.9 Å². The number of rotatable bonds is 3. The molecule has 0 aromatic carbocycles. The second-order valence-corrected chi connectivity index (χ2v) is 1.91. The van der Waals surface area contributed by atoms with E-state index in [-0.39, 0.29) is 0 Å². The number of nitrogens with zero attached hydrogens (tertiary/aromatic N) is 2. The highest BCUT2D eigenvalue weighted by Gasteiger charge is 1.95. The third-order valence-electron chi connectivity index (χ3n) is 1.12. The summed E-state index contributed by atoms with van der Waals surface area (Å²) in [6.07, 6.45) is 5.49. The minimum atomic E-state index is 0.761. The quantitative estimate of drug-likeness (QED) is 0.609. The van der Waals surface area contributed by atoms with Gasteiger partial charge in [-0.25, -0.2) is 0 Å². The Labute approximate surface area is 54.1 Å². The predicted octanol–water partition coefficient (Wildman–Crippen LogP) is 1.21. The first kappa shape index (κ1) is 6.26. The summed E-state index contributed by atoms with van der Waals surface area (Å²) in [6, 6.07) is 0. The van der Waals surface area contributed by atoms with Gasteiger partial charge in [-0.15, -0.1) is 0 Å². The molecule has 49 valence electrons. The largest absolute Gasteiger partial charge is 0.329 e. The summed E-state index contributed by atoms with van der Waals surface area (Å²) in [6.45, 7) is 2.13. The van der Waals surface area contributed by atoms with Gasteiger partial charge in [0, 0.05) is 6.42 Å². The molecule has 0 bridgehead atoms. The van der Waals surface area contributed by atoms with Crippen molar-refractivity contribution in [3.8, 4) is 0 Å². The zero-order chi connectivity index (χ0) is 6.53. The number of unbranched alkanes of at least 4 members (excludes halogenated alkanes) is 1. The summed E-state index contributed by atoms with van der Waals surface area (Å²) in [5.41, 5.74) is 0. The zero-order valence-electron chi connectivity index (χ0n) is 5.42. The van der Waals surface area contributed by atoms with Crippen molar-refractivity contribution in [2.24, 2.45) is 0 Å². The molecular weight excluding hydrogens is 116 g/mol. The van der Waals surface area contributed by atoms with Crippen molar-refractivity contribution < 1.29 is 4.52 Å². The van der Waals surface area contributed by atoms with Crippen molar-refractivity contribution in [2.75, 3.05) is 0 Å². The predicted molar refractivity (Wildman–Crippen MR) is 31.7 cm³/mol. The molecule has 1 heterocycles. The maximum absolute atomic E-state index is 4.43. The average Bonchev–Trinajstić information content (AvgIpc) is 2.34. The maximum atomic E-state index is 4.43. The summed E-state index contributed by atoms with van der Waals surface area (Å²) in [5.74, 6) is 0.761. The average molecular weight is 125 g/mol. The van der Waals surface area contributed by atoms with Gasteiger partial charge in [-0.3, -0.25) is 0 Å². The molecule has 0 aliphatic rings. The Kier molecular flexibility index (Phi) is 2.24. The van der Waals surface area contributed by atoms with Crippen LogP contribution in [-0.4, -0.2) is 10.1 Å². The van der Waals surface area contributed by atoms with Gasteiger partial charge < -0.3 is 4.52 Å². The van der Waals surface area contributed by atoms with E-state index in [0.717, 1.165) is 25.1 Å². The summed E-state index contributed by atoms with van der Waals surface area (Å²) in [4.78, 5) is 3.75. The Balaban J connectivity index is 2.30. The summed E-state index contributed by atoms with van der Waals surface area (Å²) in [7, 11) is 0. The fourth-order valence-corrected chi connectivity index (χ4v) is 0.603. The highest BCUT2D eigenvalue weighted by molar-refractivity contribution is 4.75. The molecule has 0 aliphatic heterocycles. The molecule has 0 saturated carbocycles. The van der Waals surface area contributed by atoms with Gasteiger partial charge in [-0.1, -0.05) is 18.5 Å². The van der Waals surface area contributed by atoms with Crippen LogP contribution in [0.2, 0.25) is 0 Å². The van der Waals surface area contributed by atoms with Crippen LogP contribution in [0.3, 0.4) is 0 Å². The third kappa shape index (κ3) is 1.83. The minimum Gasteiger partial charge on any atom is -0.329 e. The van der Waals surface area contributed by atoms with E-state index in [0.29, 0.717) is 0 Å². The molecule has 0 saturated heterocycles. The molecular formula is C6H9N2O. The van der Waals surface area contributed by atoms with E-state index in [1.165, 1.54) is 0 Å². The number of aromatic nitrogens is 2. The molecule has 9 heavy (non-hydrogen) atoms. The minimum absolute atomic E-state index is 0.761. The van der Waals surface area contributed by atoms with E-state index < -0.39 is 0 Å². The van der Waals surface area contributed by atoms with Crippen LogP contribution in [0.1, 0.15) is 25.6 Å². The standard InChI is InChI=1S/C6H9N2O/c1-2-3-4-6-7-5-9-8-6/h2-4H2,1H3. The highest BCUT2D eigenvalue weighted by Crippen LogP contribution is 1.96. The smallest absolute Gasteiger partial charge is 0.316 e. The molecule has 1 rings (SSSR count). The molecule has 1 radical (unpaired) electrons. The number of hydrogen-bond acceptors (Lipinski definition) is 3. The van der Waals surface area contributed by atoms with Crippen LogP contribution >= 0.6 is 0 Å². The van der Waals surface area contributed by atoms with Crippen LogP contribution < -0.4 is 0 Å². The maximum Gasteiger partial charge on any atom is 0.316 e. The normalized spacial score (nSPS) is 9.89. The van der Waals surface area contributed by atoms with E-state index >= 15 is 0 Å². The van der Waals surface area contributed by atoms with Crippen LogP contribution in [0.25, 0.3) is 0 Å². The second-order valence-electron chi connectivity index (χ2n) is 1.91. The van der Waals surface area contributed by atoms with Crippen molar-refractivity contribution in [1.82, 2.24) is 10.1 Å². The van der Waals surface area contributed by atoms with Crippen LogP contribution in [0.15, 0.2) is 4.52 Å². The Morgan fingerprint density at radius 3 is 3.11 bits per heavy atom. The monoisotopic (exact) mass is 125 g/mol. The molecule has 0 fully saturated rings. The van der Waals surface area contributed by atoms with Gasteiger partial charge in [0.1, 0.15) is 0 Å². The lowest BCUT2D eigenvalue weighted by atomic mass is 10.2. The first-order valence-corrected chi connectivity index (χ1v) is 3.12. The first-order chi connectivity index (χ1) is 4.43. The Morgan fingerprint density at radius 2 is 2.56 bits per heavy atom. The Bertz CT molecular complexity index is 148. The molecule has 3 nitrogen and oxygen atoms in total. The Hall–Kier alpha value is -0.860. The SMILES string of the molecule is CCCCc1n[c]on1. The molecule has 1 aromatic rings. The van der Waals surface area contributed by atoms with Crippen LogP contribution in [0.4, 0.5) is 0 Å². The van der Waals surface area contributed by atoms with Gasteiger partial charge in [-0.2, -0.15) is 4.98 Å². The van der Waals surface area contributed by atoms with Crippen molar-refractivity contribution in [3.05, 3.63) is 12.2 Å². The number of aryl methyl sites for hydroxylation is 1. The molecule has 1 aromatic heterocycles. The van der Waals surface area contributed by atoms with Gasteiger partial charge in [0.15, 0.2) is 5.82 Å². The van der Waals surface area contributed by atoms with Crippen molar-refractivity contribution >= 4 is 0 Å². The summed E-state index contributed by atoms with van der Waals surface area (Å²) < 4.78 is 4.43. The summed E-state index contributed by atoms with van der Waals surface area (Å²) in [5, 5.41) is 3.61. The van der Waals surface area contributed by atoms with Crippen molar-refractivity contribution in [3.63, 3.8) is 0 Å². The third-order valence-corrected chi connectivity index (χ3v) is 1.12. The Morgan fingerprint density at radius 1 is 1.67 bits per heavy atom.